The number of hydrogen-bond acceptors (Lipinski definition) is 5. The fraction of sp³-hybridized carbons (Fsp3) is 0.400. The van der Waals surface area contributed by atoms with Crippen LogP contribution >= 0.6 is 35.0 Å². The van der Waals surface area contributed by atoms with Crippen LogP contribution in [0.25, 0.3) is 0 Å². The maximum atomic E-state index is 11.9. The smallest absolute Gasteiger partial charge is 0.306 e. The number of rotatable bonds is 5. The fourth-order valence-corrected chi connectivity index (χ4v) is 3.56. The highest BCUT2D eigenvalue weighted by Crippen LogP contribution is 2.28. The summed E-state index contributed by atoms with van der Waals surface area (Å²) >= 11 is 13.7. The normalized spacial score (nSPS) is 17.5. The van der Waals surface area contributed by atoms with Crippen LogP contribution in [0, 0.1) is 6.92 Å². The van der Waals surface area contributed by atoms with Crippen molar-refractivity contribution in [3.05, 3.63) is 33.3 Å². The van der Waals surface area contributed by atoms with Crippen molar-refractivity contribution in [3.8, 4) is 0 Å². The number of carbonyl (C=O) groups is 2. The summed E-state index contributed by atoms with van der Waals surface area (Å²) in [6.45, 7) is 1.84. The number of amides is 1. The Hall–Kier alpha value is -1.24. The SMILES string of the molecule is COC(=O)CCSC1CC(c2cc(Cl)c(C)c(Cl)c2)=NNC1=O. The number of esters is 1. The Kier molecular flexibility index (Phi) is 6.33. The molecule has 1 aliphatic heterocycles. The second-order valence-electron chi connectivity index (χ2n) is 4.99. The van der Waals surface area contributed by atoms with Gasteiger partial charge in [0.2, 0.25) is 0 Å². The Balaban J connectivity index is 2.07. The molecule has 8 heteroatoms. The third kappa shape index (κ3) is 4.62. The molecule has 0 aliphatic carbocycles. The van der Waals surface area contributed by atoms with E-state index in [4.69, 9.17) is 23.2 Å². The number of halogens is 2. The number of hydrogen-bond donors (Lipinski definition) is 1. The second-order valence-corrected chi connectivity index (χ2v) is 7.11. The van der Waals surface area contributed by atoms with Crippen molar-refractivity contribution in [2.24, 2.45) is 5.10 Å². The molecule has 124 valence electrons. The molecule has 0 fully saturated rings. The average molecular weight is 375 g/mol. The van der Waals surface area contributed by atoms with E-state index in [0.717, 1.165) is 11.1 Å². The molecule has 1 amide bonds. The minimum atomic E-state index is -0.314. The van der Waals surface area contributed by atoms with E-state index < -0.39 is 0 Å². The lowest BCUT2D eigenvalue weighted by Crippen LogP contribution is -2.37. The third-order valence-electron chi connectivity index (χ3n) is 3.44. The predicted octanol–water partition coefficient (Wildman–Crippen LogP) is 3.19. The number of ether oxygens (including phenoxy) is 1. The summed E-state index contributed by atoms with van der Waals surface area (Å²) in [6, 6.07) is 3.57. The van der Waals surface area contributed by atoms with Gasteiger partial charge < -0.3 is 4.74 Å². The van der Waals surface area contributed by atoms with E-state index in [0.29, 0.717) is 27.9 Å². The third-order valence-corrected chi connectivity index (χ3v) is 5.45. The molecule has 0 saturated heterocycles. The Bertz CT molecular complexity index is 641. The first kappa shape index (κ1) is 18.1. The number of thioether (sulfide) groups is 1. The van der Waals surface area contributed by atoms with Gasteiger partial charge in [-0.1, -0.05) is 23.2 Å². The first-order valence-electron chi connectivity index (χ1n) is 6.93. The highest BCUT2D eigenvalue weighted by atomic mass is 35.5. The van der Waals surface area contributed by atoms with Gasteiger partial charge in [0, 0.05) is 27.8 Å². The highest BCUT2D eigenvalue weighted by molar-refractivity contribution is 8.00. The lowest BCUT2D eigenvalue weighted by molar-refractivity contribution is -0.140. The number of carbonyl (C=O) groups excluding carboxylic acids is 2. The Labute approximate surface area is 148 Å². The molecular weight excluding hydrogens is 359 g/mol. The molecule has 2 rings (SSSR count). The van der Waals surface area contributed by atoms with E-state index in [1.165, 1.54) is 18.9 Å². The summed E-state index contributed by atoms with van der Waals surface area (Å²) in [5.41, 5.74) is 4.81. The van der Waals surface area contributed by atoms with Crippen molar-refractivity contribution < 1.29 is 14.3 Å². The minimum absolute atomic E-state index is 0.173. The lowest BCUT2D eigenvalue weighted by atomic mass is 10.0. The van der Waals surface area contributed by atoms with Gasteiger partial charge in [0.15, 0.2) is 0 Å². The van der Waals surface area contributed by atoms with Gasteiger partial charge in [0.25, 0.3) is 5.91 Å². The summed E-state index contributed by atoms with van der Waals surface area (Å²) in [4.78, 5) is 23.0. The van der Waals surface area contributed by atoms with Gasteiger partial charge in [-0.2, -0.15) is 5.10 Å². The van der Waals surface area contributed by atoms with Crippen LogP contribution in [0.2, 0.25) is 10.0 Å². The van der Waals surface area contributed by atoms with E-state index in [9.17, 15) is 9.59 Å². The monoisotopic (exact) mass is 374 g/mol. The summed E-state index contributed by atoms with van der Waals surface area (Å²) in [7, 11) is 1.34. The lowest BCUT2D eigenvalue weighted by Gasteiger charge is -2.21. The summed E-state index contributed by atoms with van der Waals surface area (Å²) < 4.78 is 4.59. The predicted molar refractivity (Wildman–Crippen MR) is 93.4 cm³/mol. The first-order valence-corrected chi connectivity index (χ1v) is 8.73. The van der Waals surface area contributed by atoms with Gasteiger partial charge in [0.1, 0.15) is 0 Å². The summed E-state index contributed by atoms with van der Waals surface area (Å²) in [5, 5.41) is 4.90. The van der Waals surface area contributed by atoms with E-state index in [1.54, 1.807) is 12.1 Å². The standard InChI is InChI=1S/C15H16Cl2N2O3S/c1-8-10(16)5-9(6-11(8)17)12-7-13(15(21)19-18-12)23-4-3-14(20)22-2/h5-6,13H,3-4,7H2,1-2H3,(H,19,21). The molecule has 1 atom stereocenters. The molecule has 1 unspecified atom stereocenters. The van der Waals surface area contributed by atoms with Gasteiger partial charge in [-0.25, -0.2) is 5.43 Å². The van der Waals surface area contributed by atoms with Gasteiger partial charge in [0.05, 0.1) is 24.5 Å². The molecule has 1 aromatic rings. The molecule has 0 aromatic heterocycles. The number of methoxy groups -OCH3 is 1. The van der Waals surface area contributed by atoms with Gasteiger partial charge in [-0.05, 0) is 24.6 Å². The largest absolute Gasteiger partial charge is 0.469 e. The average Bonchev–Trinajstić information content (AvgIpc) is 2.53. The van der Waals surface area contributed by atoms with E-state index in [2.05, 4.69) is 15.3 Å². The van der Waals surface area contributed by atoms with Crippen molar-refractivity contribution in [2.75, 3.05) is 12.9 Å². The maximum absolute atomic E-state index is 11.9. The Morgan fingerprint density at radius 2 is 2.09 bits per heavy atom. The molecule has 0 saturated carbocycles. The second kappa shape index (κ2) is 8.04. The zero-order valence-electron chi connectivity index (χ0n) is 12.7. The van der Waals surface area contributed by atoms with Crippen LogP contribution in [0.4, 0.5) is 0 Å². The molecule has 1 aliphatic rings. The zero-order valence-corrected chi connectivity index (χ0v) is 15.0. The van der Waals surface area contributed by atoms with E-state index in [1.807, 2.05) is 6.92 Å². The summed E-state index contributed by atoms with van der Waals surface area (Å²) in [5.74, 6) is 0.0422. The quantitative estimate of drug-likeness (QED) is 0.803. The van der Waals surface area contributed by atoms with Gasteiger partial charge >= 0.3 is 5.97 Å². The Morgan fingerprint density at radius 1 is 1.43 bits per heavy atom. The van der Waals surface area contributed by atoms with Crippen LogP contribution < -0.4 is 5.43 Å². The molecular formula is C15H16Cl2N2O3S. The molecule has 0 spiro atoms. The topological polar surface area (TPSA) is 67.8 Å². The van der Waals surface area contributed by atoms with Crippen LogP contribution in [0.15, 0.2) is 17.2 Å². The molecule has 1 N–H and O–H groups in total. The number of nitrogens with one attached hydrogen (secondary N) is 1. The molecule has 1 heterocycles. The molecule has 5 nitrogen and oxygen atoms in total. The molecule has 1 aromatic carbocycles. The minimum Gasteiger partial charge on any atom is -0.469 e. The van der Waals surface area contributed by atoms with Crippen LogP contribution in [0.5, 0.6) is 0 Å². The maximum Gasteiger partial charge on any atom is 0.306 e. The van der Waals surface area contributed by atoms with Crippen molar-refractivity contribution in [3.63, 3.8) is 0 Å². The number of nitrogens with zero attached hydrogens (tertiary/aromatic N) is 1. The zero-order chi connectivity index (χ0) is 17.0. The van der Waals surface area contributed by atoms with Crippen molar-refractivity contribution in [2.45, 2.75) is 25.0 Å². The fourth-order valence-electron chi connectivity index (χ4n) is 2.02. The molecule has 0 bridgehead atoms. The molecule has 0 radical (unpaired) electrons. The van der Waals surface area contributed by atoms with E-state index in [-0.39, 0.29) is 23.5 Å². The van der Waals surface area contributed by atoms with Gasteiger partial charge in [-0.15, -0.1) is 11.8 Å². The summed E-state index contributed by atoms with van der Waals surface area (Å²) in [6.07, 6.45) is 0.715. The van der Waals surface area contributed by atoms with E-state index >= 15 is 0 Å². The molecule has 23 heavy (non-hydrogen) atoms. The van der Waals surface area contributed by atoms with Crippen LogP contribution in [-0.4, -0.2) is 35.7 Å². The highest BCUT2D eigenvalue weighted by Gasteiger charge is 2.26. The van der Waals surface area contributed by atoms with Crippen LogP contribution in [0.1, 0.15) is 24.0 Å². The van der Waals surface area contributed by atoms with Gasteiger partial charge in [-0.3, -0.25) is 9.59 Å². The van der Waals surface area contributed by atoms with Crippen molar-refractivity contribution in [1.29, 1.82) is 0 Å². The van der Waals surface area contributed by atoms with Crippen molar-refractivity contribution in [1.82, 2.24) is 5.43 Å². The number of benzene rings is 1. The Morgan fingerprint density at radius 3 is 2.70 bits per heavy atom. The van der Waals surface area contributed by atoms with Crippen molar-refractivity contribution >= 4 is 52.6 Å². The number of hydrazone groups is 1. The van der Waals surface area contributed by atoms with Crippen LogP contribution in [-0.2, 0) is 14.3 Å². The van der Waals surface area contributed by atoms with Crippen LogP contribution in [0.3, 0.4) is 0 Å². The first-order chi connectivity index (χ1) is 10.9.